The fourth-order valence-corrected chi connectivity index (χ4v) is 1.50. The second-order valence-corrected chi connectivity index (χ2v) is 3.35. The second-order valence-electron chi connectivity index (χ2n) is 3.35. The Morgan fingerprint density at radius 2 is 2.67 bits per heavy atom. The van der Waals surface area contributed by atoms with Crippen LogP contribution in [-0.4, -0.2) is 40.5 Å². The van der Waals surface area contributed by atoms with E-state index in [2.05, 4.69) is 10.4 Å². The molecule has 1 fully saturated rings. The summed E-state index contributed by atoms with van der Waals surface area (Å²) in [5.41, 5.74) is 0. The Bertz CT molecular complexity index is 345. The topological polar surface area (TPSA) is 82.2 Å². The molecule has 0 aromatic carbocycles. The van der Waals surface area contributed by atoms with E-state index in [1.165, 1.54) is 10.7 Å². The lowest BCUT2D eigenvalue weighted by molar-refractivity contribution is -0.389. The van der Waals surface area contributed by atoms with Crippen LogP contribution in [0, 0.1) is 10.1 Å². The van der Waals surface area contributed by atoms with Crippen molar-refractivity contribution in [2.75, 3.05) is 19.7 Å². The largest absolute Gasteiger partial charge is 0.389 e. The molecule has 1 N–H and O–H groups in total. The maximum Gasteiger partial charge on any atom is 0.389 e. The van der Waals surface area contributed by atoms with Gasteiger partial charge in [0.1, 0.15) is 0 Å². The Morgan fingerprint density at radius 1 is 1.80 bits per heavy atom. The molecule has 7 nitrogen and oxygen atoms in total. The van der Waals surface area contributed by atoms with Gasteiger partial charge in [0.25, 0.3) is 0 Å². The fourth-order valence-electron chi connectivity index (χ4n) is 1.50. The predicted molar refractivity (Wildman–Crippen MR) is 51.5 cm³/mol. The predicted octanol–water partition coefficient (Wildman–Crippen LogP) is -0.220. The number of rotatable bonds is 3. The summed E-state index contributed by atoms with van der Waals surface area (Å²) in [6.45, 7) is 2.83. The minimum atomic E-state index is -0.503. The van der Waals surface area contributed by atoms with Gasteiger partial charge in [0.05, 0.1) is 36.6 Å². The Hall–Kier alpha value is -1.47. The van der Waals surface area contributed by atoms with Gasteiger partial charge in [0.15, 0.2) is 0 Å². The average molecular weight is 212 g/mol. The lowest BCUT2D eigenvalue weighted by Crippen LogP contribution is -2.40. The van der Waals surface area contributed by atoms with Crippen molar-refractivity contribution in [1.82, 2.24) is 15.1 Å². The molecule has 1 aromatic rings. The Morgan fingerprint density at radius 3 is 3.27 bits per heavy atom. The highest BCUT2D eigenvalue weighted by Gasteiger charge is 2.17. The number of hydrogen-bond acceptors (Lipinski definition) is 5. The van der Waals surface area contributed by atoms with Gasteiger partial charge in [-0.1, -0.05) is 0 Å². The summed E-state index contributed by atoms with van der Waals surface area (Å²) in [5.74, 6) is -0.126. The molecule has 1 aliphatic rings. The molecule has 7 heteroatoms. The van der Waals surface area contributed by atoms with Gasteiger partial charge in [-0.25, -0.2) is 0 Å². The number of hydrogen-bond donors (Lipinski definition) is 1. The minimum absolute atomic E-state index is 0.0401. The van der Waals surface area contributed by atoms with Crippen LogP contribution in [0.1, 0.15) is 0 Å². The van der Waals surface area contributed by atoms with Crippen LogP contribution in [0.2, 0.25) is 0 Å². The number of nitrogens with one attached hydrogen (secondary N) is 1. The highest BCUT2D eigenvalue weighted by molar-refractivity contribution is 5.13. The van der Waals surface area contributed by atoms with E-state index in [0.29, 0.717) is 13.2 Å². The van der Waals surface area contributed by atoms with Crippen molar-refractivity contribution in [3.63, 3.8) is 0 Å². The van der Waals surface area contributed by atoms with Crippen molar-refractivity contribution in [3.05, 3.63) is 22.4 Å². The van der Waals surface area contributed by atoms with E-state index in [9.17, 15) is 10.1 Å². The van der Waals surface area contributed by atoms with Gasteiger partial charge in [0, 0.05) is 13.1 Å². The molecular formula is C8H12N4O3. The lowest BCUT2D eigenvalue weighted by atomic mass is 10.3. The quantitative estimate of drug-likeness (QED) is 0.553. The highest BCUT2D eigenvalue weighted by atomic mass is 16.6. The highest BCUT2D eigenvalue weighted by Crippen LogP contribution is 2.07. The first-order valence-electron chi connectivity index (χ1n) is 4.76. The molecule has 1 atom stereocenters. The van der Waals surface area contributed by atoms with E-state index >= 15 is 0 Å². The van der Waals surface area contributed by atoms with E-state index in [1.807, 2.05) is 0 Å². The molecule has 1 saturated heterocycles. The molecule has 0 bridgehead atoms. The van der Waals surface area contributed by atoms with Crippen molar-refractivity contribution in [2.45, 2.75) is 12.6 Å². The van der Waals surface area contributed by atoms with Gasteiger partial charge in [-0.15, -0.1) is 0 Å². The van der Waals surface area contributed by atoms with Gasteiger partial charge in [-0.3, -0.25) is 0 Å². The average Bonchev–Trinajstić information content (AvgIpc) is 2.68. The first-order chi connectivity index (χ1) is 7.25. The van der Waals surface area contributed by atoms with Gasteiger partial charge < -0.3 is 20.2 Å². The van der Waals surface area contributed by atoms with E-state index < -0.39 is 4.92 Å². The molecule has 0 amide bonds. The molecule has 0 spiro atoms. The summed E-state index contributed by atoms with van der Waals surface area (Å²) in [6.07, 6.45) is 1.63. The molecule has 0 radical (unpaired) electrons. The Balaban J connectivity index is 1.94. The third kappa shape index (κ3) is 2.51. The van der Waals surface area contributed by atoms with Crippen LogP contribution in [0.5, 0.6) is 0 Å². The lowest BCUT2D eigenvalue weighted by Gasteiger charge is -2.22. The van der Waals surface area contributed by atoms with Crippen LogP contribution < -0.4 is 5.32 Å². The zero-order valence-corrected chi connectivity index (χ0v) is 8.13. The van der Waals surface area contributed by atoms with Crippen molar-refractivity contribution in [3.8, 4) is 0 Å². The zero-order chi connectivity index (χ0) is 10.7. The fraction of sp³-hybridized carbons (Fsp3) is 0.625. The van der Waals surface area contributed by atoms with Crippen LogP contribution in [0.3, 0.4) is 0 Å². The van der Waals surface area contributed by atoms with Crippen LogP contribution in [0.25, 0.3) is 0 Å². The maximum atomic E-state index is 10.4. The summed E-state index contributed by atoms with van der Waals surface area (Å²) < 4.78 is 7.00. The maximum absolute atomic E-state index is 10.4. The summed E-state index contributed by atoms with van der Waals surface area (Å²) in [7, 11) is 0. The number of morpholine rings is 1. The number of nitro groups is 1. The Labute approximate surface area is 86.2 Å². The third-order valence-corrected chi connectivity index (χ3v) is 2.21. The van der Waals surface area contributed by atoms with E-state index in [-0.39, 0.29) is 11.9 Å². The smallest absolute Gasteiger partial charge is 0.374 e. The first kappa shape index (κ1) is 10.1. The van der Waals surface area contributed by atoms with Crippen LogP contribution >= 0.6 is 0 Å². The number of ether oxygens (including phenoxy) is 1. The third-order valence-electron chi connectivity index (χ3n) is 2.21. The molecular weight excluding hydrogens is 200 g/mol. The molecule has 2 heterocycles. The first-order valence-corrected chi connectivity index (χ1v) is 4.76. The minimum Gasteiger partial charge on any atom is -0.374 e. The molecule has 0 aliphatic carbocycles. The van der Waals surface area contributed by atoms with Crippen LogP contribution in [-0.2, 0) is 11.3 Å². The van der Waals surface area contributed by atoms with Gasteiger partial charge >= 0.3 is 5.82 Å². The number of aromatic nitrogens is 2. The second kappa shape index (κ2) is 4.37. The number of nitrogens with zero attached hydrogens (tertiary/aromatic N) is 3. The van der Waals surface area contributed by atoms with Crippen LogP contribution in [0.4, 0.5) is 5.82 Å². The molecule has 1 aromatic heterocycles. The van der Waals surface area contributed by atoms with E-state index in [0.717, 1.165) is 13.1 Å². The van der Waals surface area contributed by atoms with E-state index in [1.54, 1.807) is 6.20 Å². The SMILES string of the molecule is O=[N+]([O-])c1ccn(CC2CNCCO2)n1. The van der Waals surface area contributed by atoms with Crippen LogP contribution in [0.15, 0.2) is 12.3 Å². The van der Waals surface area contributed by atoms with E-state index in [4.69, 9.17) is 4.74 Å². The summed E-state index contributed by atoms with van der Waals surface area (Å²) in [5, 5.41) is 17.4. The Kier molecular flexibility index (Phi) is 2.93. The normalized spacial score (nSPS) is 21.5. The molecule has 82 valence electrons. The molecule has 1 aliphatic heterocycles. The summed E-state index contributed by atoms with van der Waals surface area (Å²) in [6, 6.07) is 1.39. The molecule has 15 heavy (non-hydrogen) atoms. The molecule has 1 unspecified atom stereocenters. The van der Waals surface area contributed by atoms with Gasteiger partial charge in [0.2, 0.25) is 0 Å². The van der Waals surface area contributed by atoms with Gasteiger partial charge in [-0.05, 0) is 4.92 Å². The van der Waals surface area contributed by atoms with Crippen molar-refractivity contribution >= 4 is 5.82 Å². The standard InChI is InChI=1S/C8H12N4O3/c13-12(14)8-1-3-11(10-8)6-7-5-9-2-4-15-7/h1,3,7,9H,2,4-6H2. The molecule has 2 rings (SSSR count). The molecule has 0 saturated carbocycles. The monoisotopic (exact) mass is 212 g/mol. The van der Waals surface area contributed by atoms with Crippen molar-refractivity contribution in [1.29, 1.82) is 0 Å². The summed E-state index contributed by atoms with van der Waals surface area (Å²) >= 11 is 0. The van der Waals surface area contributed by atoms with Crippen molar-refractivity contribution in [2.24, 2.45) is 0 Å². The van der Waals surface area contributed by atoms with Gasteiger partial charge in [-0.2, -0.15) is 4.68 Å². The van der Waals surface area contributed by atoms with Crippen molar-refractivity contribution < 1.29 is 9.66 Å². The zero-order valence-electron chi connectivity index (χ0n) is 8.13. The summed E-state index contributed by atoms with van der Waals surface area (Å²) in [4.78, 5) is 9.89.